The highest BCUT2D eigenvalue weighted by Gasteiger charge is 2.50. The van der Waals surface area contributed by atoms with Gasteiger partial charge in [-0.05, 0) is 27.5 Å². The molecule has 7 heteroatoms. The molecule has 0 spiro atoms. The van der Waals surface area contributed by atoms with Crippen molar-refractivity contribution in [2.75, 3.05) is 0 Å². The zero-order valence-corrected chi connectivity index (χ0v) is 18.6. The van der Waals surface area contributed by atoms with Gasteiger partial charge in [-0.2, -0.15) is 0 Å². The number of benzene rings is 2. The van der Waals surface area contributed by atoms with Gasteiger partial charge in [-0.25, -0.2) is 8.42 Å². The van der Waals surface area contributed by atoms with E-state index in [2.05, 4.69) is 45.0 Å². The van der Waals surface area contributed by atoms with E-state index in [4.69, 9.17) is 19.5 Å². The van der Waals surface area contributed by atoms with Crippen LogP contribution in [0.4, 0.5) is 0 Å². The van der Waals surface area contributed by atoms with Gasteiger partial charge in [0.25, 0.3) is 17.4 Å². The maximum absolute atomic E-state index is 11.5. The van der Waals surface area contributed by atoms with Gasteiger partial charge in [0.15, 0.2) is 0 Å². The van der Waals surface area contributed by atoms with E-state index < -0.39 is 17.4 Å². The summed E-state index contributed by atoms with van der Waals surface area (Å²) in [6, 6.07) is 23.4. The summed E-state index contributed by atoms with van der Waals surface area (Å²) in [5, 5.41) is 1.84. The standard InChI is InChI=1S/C21H23ClO4SSi/c1-21(2,3)28(18-10-6-4-7-11-18,19-12-8-5-9-13-19)25-16-17-14-15-20(26-17)27(22,23)24/h4-15H,16H2,1-3H3. The van der Waals surface area contributed by atoms with E-state index in [1.807, 2.05) is 36.4 Å². The van der Waals surface area contributed by atoms with Crippen molar-refractivity contribution in [3.05, 3.63) is 78.6 Å². The SMILES string of the molecule is CC(C)(C)[Si](OCc1ccc(S(=O)(=O)Cl)o1)(c1ccccc1)c1ccccc1. The zero-order valence-electron chi connectivity index (χ0n) is 16.1. The van der Waals surface area contributed by atoms with E-state index in [1.165, 1.54) is 6.07 Å². The van der Waals surface area contributed by atoms with Crippen LogP contribution in [-0.2, 0) is 20.1 Å². The fraction of sp³-hybridized carbons (Fsp3) is 0.238. The Hall–Kier alpha value is -1.86. The molecule has 0 fully saturated rings. The van der Waals surface area contributed by atoms with Gasteiger partial charge in [-0.1, -0.05) is 81.4 Å². The molecule has 2 aromatic carbocycles. The van der Waals surface area contributed by atoms with Crippen molar-refractivity contribution in [3.63, 3.8) is 0 Å². The average molecular weight is 435 g/mol. The lowest BCUT2D eigenvalue weighted by molar-refractivity contribution is 0.244. The summed E-state index contributed by atoms with van der Waals surface area (Å²) in [5.74, 6) is 0.423. The van der Waals surface area contributed by atoms with E-state index in [0.717, 1.165) is 10.4 Å². The van der Waals surface area contributed by atoms with Crippen LogP contribution in [0.2, 0.25) is 5.04 Å². The molecular weight excluding hydrogens is 412 g/mol. The van der Waals surface area contributed by atoms with Crippen LogP contribution in [0.5, 0.6) is 0 Å². The Morgan fingerprint density at radius 1 is 0.893 bits per heavy atom. The van der Waals surface area contributed by atoms with Crippen LogP contribution in [0.3, 0.4) is 0 Å². The molecule has 0 saturated heterocycles. The minimum Gasteiger partial charge on any atom is -0.446 e. The molecule has 0 radical (unpaired) electrons. The topological polar surface area (TPSA) is 56.5 Å². The van der Waals surface area contributed by atoms with Gasteiger partial charge in [0.2, 0.25) is 5.09 Å². The van der Waals surface area contributed by atoms with Crippen LogP contribution in [0.1, 0.15) is 26.5 Å². The third-order valence-electron chi connectivity index (χ3n) is 4.73. The Labute approximate surface area is 171 Å². The van der Waals surface area contributed by atoms with E-state index >= 15 is 0 Å². The molecule has 0 aliphatic heterocycles. The average Bonchev–Trinajstić information content (AvgIpc) is 3.12. The Morgan fingerprint density at radius 2 is 1.39 bits per heavy atom. The molecule has 3 rings (SSSR count). The molecule has 0 saturated carbocycles. The normalized spacial score (nSPS) is 12.9. The van der Waals surface area contributed by atoms with Crippen molar-refractivity contribution < 1.29 is 17.3 Å². The van der Waals surface area contributed by atoms with Gasteiger partial charge < -0.3 is 8.84 Å². The monoisotopic (exact) mass is 434 g/mol. The molecule has 0 bridgehead atoms. The van der Waals surface area contributed by atoms with Crippen molar-refractivity contribution in [2.24, 2.45) is 0 Å². The molecule has 0 aliphatic carbocycles. The third-order valence-corrected chi connectivity index (χ3v) is 10.9. The maximum Gasteiger partial charge on any atom is 0.294 e. The fourth-order valence-corrected chi connectivity index (χ4v) is 8.71. The summed E-state index contributed by atoms with van der Waals surface area (Å²) in [6.45, 7) is 6.68. The number of furan rings is 1. The minimum absolute atomic E-state index is 0.152. The highest BCUT2D eigenvalue weighted by Crippen LogP contribution is 2.37. The molecule has 4 nitrogen and oxygen atoms in total. The largest absolute Gasteiger partial charge is 0.446 e. The summed E-state index contributed by atoms with van der Waals surface area (Å²) in [6.07, 6.45) is 0. The molecule has 0 atom stereocenters. The summed E-state index contributed by atoms with van der Waals surface area (Å²) >= 11 is 0. The molecule has 0 unspecified atom stereocenters. The van der Waals surface area contributed by atoms with Gasteiger partial charge in [0, 0.05) is 10.7 Å². The third kappa shape index (κ3) is 4.10. The minimum atomic E-state index is -3.91. The van der Waals surface area contributed by atoms with Gasteiger partial charge in [0.1, 0.15) is 5.76 Å². The van der Waals surface area contributed by atoms with Crippen molar-refractivity contribution in [1.82, 2.24) is 0 Å². The van der Waals surface area contributed by atoms with Gasteiger partial charge in [-0.3, -0.25) is 0 Å². The molecule has 0 aliphatic rings. The molecule has 0 amide bonds. The molecule has 148 valence electrons. The van der Waals surface area contributed by atoms with Gasteiger partial charge in [-0.15, -0.1) is 0 Å². The summed E-state index contributed by atoms with van der Waals surface area (Å²) in [5.41, 5.74) is 0. The molecule has 1 aromatic heterocycles. The zero-order chi connectivity index (χ0) is 20.4. The van der Waals surface area contributed by atoms with E-state index in [1.54, 1.807) is 6.07 Å². The highest BCUT2D eigenvalue weighted by atomic mass is 35.7. The Kier molecular flexibility index (Phi) is 5.86. The lowest BCUT2D eigenvalue weighted by atomic mass is 10.2. The first-order valence-corrected chi connectivity index (χ1v) is 13.1. The maximum atomic E-state index is 11.5. The van der Waals surface area contributed by atoms with Gasteiger partial charge in [0.05, 0.1) is 6.61 Å². The second-order valence-corrected chi connectivity index (χ2v) is 14.4. The molecular formula is C21H23ClO4SSi. The van der Waals surface area contributed by atoms with Crippen LogP contribution < -0.4 is 10.4 Å². The Morgan fingerprint density at radius 3 is 1.79 bits per heavy atom. The second-order valence-electron chi connectivity index (χ2n) is 7.61. The molecule has 1 heterocycles. The predicted octanol–water partition coefficient (Wildman–Crippen LogP) is 4.28. The van der Waals surface area contributed by atoms with E-state index in [-0.39, 0.29) is 16.7 Å². The van der Waals surface area contributed by atoms with Crippen molar-refractivity contribution in [2.45, 2.75) is 37.5 Å². The quantitative estimate of drug-likeness (QED) is 0.429. The predicted molar refractivity (Wildman–Crippen MR) is 114 cm³/mol. The van der Waals surface area contributed by atoms with Crippen LogP contribution >= 0.6 is 10.7 Å². The van der Waals surface area contributed by atoms with Crippen molar-refractivity contribution in [3.8, 4) is 0 Å². The van der Waals surface area contributed by atoms with Crippen LogP contribution in [-0.4, -0.2) is 16.7 Å². The number of rotatable bonds is 6. The summed E-state index contributed by atoms with van der Waals surface area (Å²) in [7, 11) is -1.25. The Bertz CT molecular complexity index is 986. The van der Waals surface area contributed by atoms with Crippen LogP contribution in [0, 0.1) is 0 Å². The molecule has 3 aromatic rings. The summed E-state index contributed by atoms with van der Waals surface area (Å²) in [4.78, 5) is 0. The van der Waals surface area contributed by atoms with Crippen LogP contribution in [0.25, 0.3) is 0 Å². The first-order chi connectivity index (χ1) is 13.1. The Balaban J connectivity index is 2.07. The van der Waals surface area contributed by atoms with Crippen molar-refractivity contribution in [1.29, 1.82) is 0 Å². The van der Waals surface area contributed by atoms with Crippen molar-refractivity contribution >= 4 is 38.4 Å². The first kappa shape index (κ1) is 20.9. The molecule has 0 N–H and O–H groups in total. The van der Waals surface area contributed by atoms with E-state index in [0.29, 0.717) is 5.76 Å². The van der Waals surface area contributed by atoms with Gasteiger partial charge >= 0.3 is 0 Å². The van der Waals surface area contributed by atoms with Crippen LogP contribution in [0.15, 0.2) is 82.3 Å². The highest BCUT2D eigenvalue weighted by molar-refractivity contribution is 8.13. The van der Waals surface area contributed by atoms with E-state index in [9.17, 15) is 8.42 Å². The lowest BCUT2D eigenvalue weighted by Crippen LogP contribution is -2.66. The summed E-state index contributed by atoms with van der Waals surface area (Å²) < 4.78 is 35.1. The fourth-order valence-electron chi connectivity index (χ4n) is 3.51. The number of hydrogen-bond acceptors (Lipinski definition) is 4. The first-order valence-electron chi connectivity index (χ1n) is 8.93. The lowest BCUT2D eigenvalue weighted by Gasteiger charge is -2.42. The second kappa shape index (κ2) is 7.87. The smallest absolute Gasteiger partial charge is 0.294 e. The number of hydrogen-bond donors (Lipinski definition) is 0. The molecule has 28 heavy (non-hydrogen) atoms. The number of halogens is 1.